The summed E-state index contributed by atoms with van der Waals surface area (Å²) >= 11 is 0. The quantitative estimate of drug-likeness (QED) is 0.805. The number of benzene rings is 1. The summed E-state index contributed by atoms with van der Waals surface area (Å²) in [5.41, 5.74) is 1.58. The molecule has 1 nitrogen and oxygen atoms in total. The maximum absolute atomic E-state index is 3.62. The van der Waals surface area contributed by atoms with Crippen LogP contribution in [-0.2, 0) is 0 Å². The van der Waals surface area contributed by atoms with Gasteiger partial charge in [-0.3, -0.25) is 0 Å². The molecule has 1 heteroatoms. The van der Waals surface area contributed by atoms with Crippen LogP contribution in [0.2, 0.25) is 0 Å². The fourth-order valence-electron chi connectivity index (χ4n) is 4.14. The van der Waals surface area contributed by atoms with Crippen LogP contribution in [-0.4, -0.2) is 13.1 Å². The molecular weight excluding hydrogens is 230 g/mol. The average molecular weight is 257 g/mol. The van der Waals surface area contributed by atoms with E-state index in [1.807, 2.05) is 0 Å². The van der Waals surface area contributed by atoms with Crippen LogP contribution in [0.15, 0.2) is 30.3 Å². The minimum Gasteiger partial charge on any atom is -0.317 e. The molecule has 3 unspecified atom stereocenters. The fourth-order valence-corrected chi connectivity index (χ4v) is 4.14. The Balaban J connectivity index is 1.64. The Hall–Kier alpha value is -0.820. The summed E-state index contributed by atoms with van der Waals surface area (Å²) in [6, 6.07) is 11.2. The molecular formula is C18H27N. The maximum Gasteiger partial charge on any atom is -0.00151 e. The first-order valence-electron chi connectivity index (χ1n) is 8.15. The first kappa shape index (κ1) is 13.2. The van der Waals surface area contributed by atoms with Gasteiger partial charge in [-0.25, -0.2) is 0 Å². The van der Waals surface area contributed by atoms with E-state index in [0.29, 0.717) is 0 Å². The second-order valence-corrected chi connectivity index (χ2v) is 6.43. The van der Waals surface area contributed by atoms with E-state index in [1.165, 1.54) is 38.6 Å². The largest absolute Gasteiger partial charge is 0.317 e. The Morgan fingerprint density at radius 2 is 1.89 bits per heavy atom. The van der Waals surface area contributed by atoms with Gasteiger partial charge in [0.1, 0.15) is 0 Å². The van der Waals surface area contributed by atoms with Gasteiger partial charge in [-0.15, -0.1) is 0 Å². The van der Waals surface area contributed by atoms with E-state index < -0.39 is 0 Å². The van der Waals surface area contributed by atoms with Crippen molar-refractivity contribution in [3.05, 3.63) is 35.9 Å². The summed E-state index contributed by atoms with van der Waals surface area (Å²) in [6.45, 7) is 4.59. The highest BCUT2D eigenvalue weighted by atomic mass is 14.9. The highest BCUT2D eigenvalue weighted by molar-refractivity contribution is 5.26. The molecule has 1 aromatic carbocycles. The molecule has 0 saturated heterocycles. The molecule has 2 aliphatic rings. The van der Waals surface area contributed by atoms with Crippen molar-refractivity contribution in [1.29, 1.82) is 0 Å². The molecule has 3 rings (SSSR count). The van der Waals surface area contributed by atoms with Gasteiger partial charge in [-0.05, 0) is 48.7 Å². The van der Waals surface area contributed by atoms with Crippen molar-refractivity contribution < 1.29 is 0 Å². The average Bonchev–Trinajstić information content (AvgIpc) is 3.05. The molecule has 0 bridgehead atoms. The second kappa shape index (κ2) is 6.09. The Morgan fingerprint density at radius 1 is 1.16 bits per heavy atom. The lowest BCUT2D eigenvalue weighted by molar-refractivity contribution is 0.285. The van der Waals surface area contributed by atoms with Crippen LogP contribution in [0.4, 0.5) is 0 Å². The second-order valence-electron chi connectivity index (χ2n) is 6.43. The molecule has 0 spiro atoms. The van der Waals surface area contributed by atoms with Gasteiger partial charge in [0.25, 0.3) is 0 Å². The molecule has 0 aliphatic heterocycles. The molecule has 2 saturated carbocycles. The highest BCUT2D eigenvalue weighted by Crippen LogP contribution is 2.55. The monoisotopic (exact) mass is 257 g/mol. The van der Waals surface area contributed by atoms with Crippen molar-refractivity contribution >= 4 is 0 Å². The summed E-state index contributed by atoms with van der Waals surface area (Å²) in [6.07, 6.45) is 7.32. The Bertz CT molecular complexity index is 380. The minimum atomic E-state index is 0.852. The van der Waals surface area contributed by atoms with Crippen LogP contribution in [0.5, 0.6) is 0 Å². The third kappa shape index (κ3) is 3.02. The third-order valence-corrected chi connectivity index (χ3v) is 5.25. The number of hydrogen-bond donors (Lipinski definition) is 1. The van der Waals surface area contributed by atoms with Crippen molar-refractivity contribution in [1.82, 2.24) is 5.32 Å². The van der Waals surface area contributed by atoms with Crippen LogP contribution in [0.1, 0.15) is 50.5 Å². The first-order valence-corrected chi connectivity index (χ1v) is 8.15. The van der Waals surface area contributed by atoms with Crippen LogP contribution >= 0.6 is 0 Å². The molecule has 1 N–H and O–H groups in total. The molecule has 3 atom stereocenters. The van der Waals surface area contributed by atoms with Crippen molar-refractivity contribution in [2.24, 2.45) is 17.8 Å². The van der Waals surface area contributed by atoms with Crippen molar-refractivity contribution in [2.45, 2.75) is 44.9 Å². The molecule has 104 valence electrons. The standard InChI is InChI=1S/C18H27N/c1-2-19-13-18(15-10-6-7-11-15)17-12-16(17)14-8-4-3-5-9-14/h3-5,8-9,15-19H,2,6-7,10-13H2,1H3. The lowest BCUT2D eigenvalue weighted by Crippen LogP contribution is -2.29. The molecule has 0 radical (unpaired) electrons. The summed E-state index contributed by atoms with van der Waals surface area (Å²) in [4.78, 5) is 0. The van der Waals surface area contributed by atoms with Gasteiger partial charge < -0.3 is 5.32 Å². The normalized spacial score (nSPS) is 28.5. The van der Waals surface area contributed by atoms with Gasteiger partial charge in [0, 0.05) is 0 Å². The summed E-state index contributed by atoms with van der Waals surface area (Å²) in [5.74, 6) is 3.72. The zero-order chi connectivity index (χ0) is 13.1. The molecule has 1 aromatic rings. The van der Waals surface area contributed by atoms with Crippen molar-refractivity contribution in [2.75, 3.05) is 13.1 Å². The molecule has 0 heterocycles. The summed E-state index contributed by atoms with van der Waals surface area (Å²) in [7, 11) is 0. The SMILES string of the molecule is CCNCC(C1CCCC1)C1CC1c1ccccc1. The topological polar surface area (TPSA) is 12.0 Å². The Labute approximate surface area is 117 Å². The third-order valence-electron chi connectivity index (χ3n) is 5.25. The lowest BCUT2D eigenvalue weighted by atomic mass is 9.85. The number of nitrogens with one attached hydrogen (secondary N) is 1. The van der Waals surface area contributed by atoms with Crippen molar-refractivity contribution in [3.63, 3.8) is 0 Å². The van der Waals surface area contributed by atoms with Gasteiger partial charge in [-0.1, -0.05) is 62.9 Å². The van der Waals surface area contributed by atoms with Crippen LogP contribution in [0, 0.1) is 17.8 Å². The van der Waals surface area contributed by atoms with Crippen molar-refractivity contribution in [3.8, 4) is 0 Å². The minimum absolute atomic E-state index is 0.852. The van der Waals surface area contributed by atoms with Crippen LogP contribution < -0.4 is 5.32 Å². The van der Waals surface area contributed by atoms with E-state index in [-0.39, 0.29) is 0 Å². The highest BCUT2D eigenvalue weighted by Gasteiger charge is 2.46. The van der Waals surface area contributed by atoms with Gasteiger partial charge in [0.05, 0.1) is 0 Å². The van der Waals surface area contributed by atoms with E-state index >= 15 is 0 Å². The molecule has 19 heavy (non-hydrogen) atoms. The van der Waals surface area contributed by atoms with Crippen LogP contribution in [0.25, 0.3) is 0 Å². The van der Waals surface area contributed by atoms with Gasteiger partial charge >= 0.3 is 0 Å². The zero-order valence-electron chi connectivity index (χ0n) is 12.1. The molecule has 0 amide bonds. The zero-order valence-corrected chi connectivity index (χ0v) is 12.1. The predicted octanol–water partition coefficient (Wildman–Crippen LogP) is 4.21. The van der Waals surface area contributed by atoms with Gasteiger partial charge in [-0.2, -0.15) is 0 Å². The van der Waals surface area contributed by atoms with Gasteiger partial charge in [0.2, 0.25) is 0 Å². The van der Waals surface area contributed by atoms with E-state index in [2.05, 4.69) is 42.6 Å². The first-order chi connectivity index (χ1) is 9.40. The smallest absolute Gasteiger partial charge is 0.00151 e. The van der Waals surface area contributed by atoms with E-state index in [1.54, 1.807) is 5.56 Å². The predicted molar refractivity (Wildman–Crippen MR) is 81.3 cm³/mol. The summed E-state index contributed by atoms with van der Waals surface area (Å²) < 4.78 is 0. The Morgan fingerprint density at radius 3 is 2.58 bits per heavy atom. The number of rotatable bonds is 6. The number of hydrogen-bond acceptors (Lipinski definition) is 1. The van der Waals surface area contributed by atoms with E-state index in [4.69, 9.17) is 0 Å². The van der Waals surface area contributed by atoms with Gasteiger partial charge in [0.15, 0.2) is 0 Å². The Kier molecular flexibility index (Phi) is 4.22. The molecule has 2 aliphatic carbocycles. The lowest BCUT2D eigenvalue weighted by Gasteiger charge is -2.24. The fraction of sp³-hybridized carbons (Fsp3) is 0.667. The van der Waals surface area contributed by atoms with E-state index in [0.717, 1.165) is 30.2 Å². The van der Waals surface area contributed by atoms with Crippen LogP contribution in [0.3, 0.4) is 0 Å². The van der Waals surface area contributed by atoms with E-state index in [9.17, 15) is 0 Å². The molecule has 2 fully saturated rings. The molecule has 0 aromatic heterocycles. The summed E-state index contributed by atoms with van der Waals surface area (Å²) in [5, 5.41) is 3.62. The maximum atomic E-state index is 3.62.